The lowest BCUT2D eigenvalue weighted by Crippen LogP contribution is -2.20. The van der Waals surface area contributed by atoms with Crippen LogP contribution in [0.1, 0.15) is 21.8 Å². The molecule has 0 spiro atoms. The Kier molecular flexibility index (Phi) is 5.49. The van der Waals surface area contributed by atoms with E-state index in [2.05, 4.69) is 25.9 Å². The number of anilines is 3. The summed E-state index contributed by atoms with van der Waals surface area (Å²) in [6.45, 7) is 0.449. The summed E-state index contributed by atoms with van der Waals surface area (Å²) in [5, 5.41) is 9.01. The van der Waals surface area contributed by atoms with E-state index in [1.165, 1.54) is 13.3 Å². The summed E-state index contributed by atoms with van der Waals surface area (Å²) in [6, 6.07) is 11.4. The van der Waals surface area contributed by atoms with Gasteiger partial charge in [0, 0.05) is 35.6 Å². The van der Waals surface area contributed by atoms with Crippen LogP contribution in [0.15, 0.2) is 54.9 Å². The smallest absolute Gasteiger partial charge is 0.323 e. The number of fused-ring (bicyclic) bond motifs is 1. The van der Waals surface area contributed by atoms with E-state index >= 15 is 0 Å². The molecular weight excluding hydrogens is 406 g/mol. The van der Waals surface area contributed by atoms with Crippen molar-refractivity contribution in [2.24, 2.45) is 0 Å². The molecule has 3 heterocycles. The lowest BCUT2D eigenvalue weighted by atomic mass is 9.93. The van der Waals surface area contributed by atoms with Crippen molar-refractivity contribution >= 4 is 40.6 Å². The average Bonchev–Trinajstić information content (AvgIpc) is 3.17. The zero-order valence-corrected chi connectivity index (χ0v) is 16.7. The fourth-order valence-corrected chi connectivity index (χ4v) is 3.40. The zero-order chi connectivity index (χ0) is 21.1. The van der Waals surface area contributed by atoms with Gasteiger partial charge in [0.15, 0.2) is 5.78 Å². The summed E-state index contributed by atoms with van der Waals surface area (Å²) in [6.07, 6.45) is 3.03. The van der Waals surface area contributed by atoms with Crippen LogP contribution in [-0.4, -0.2) is 35.4 Å². The number of rotatable bonds is 5. The molecule has 1 atom stereocenters. The van der Waals surface area contributed by atoms with Crippen molar-refractivity contribution in [2.75, 3.05) is 29.6 Å². The Balaban J connectivity index is 1.46. The Bertz CT molecular complexity index is 1100. The molecule has 0 radical (unpaired) electrons. The van der Waals surface area contributed by atoms with Crippen LogP contribution >= 0.6 is 11.6 Å². The first kappa shape index (κ1) is 19.7. The minimum Gasteiger partial charge on any atom is -0.481 e. The van der Waals surface area contributed by atoms with Gasteiger partial charge in [-0.05, 0) is 24.3 Å². The van der Waals surface area contributed by atoms with Gasteiger partial charge in [-0.15, -0.1) is 0 Å². The average molecular weight is 424 g/mol. The van der Waals surface area contributed by atoms with E-state index in [1.807, 2.05) is 0 Å². The van der Waals surface area contributed by atoms with Crippen molar-refractivity contribution in [3.63, 3.8) is 0 Å². The molecule has 30 heavy (non-hydrogen) atoms. The fraction of sp³-hybridized carbons (Fsp3) is 0.143. The molecule has 0 fully saturated rings. The Morgan fingerprint density at radius 3 is 2.70 bits per heavy atom. The highest BCUT2D eigenvalue weighted by Crippen LogP contribution is 2.34. The molecule has 1 aliphatic heterocycles. The van der Waals surface area contributed by atoms with Crippen LogP contribution < -0.4 is 20.7 Å². The highest BCUT2D eigenvalue weighted by molar-refractivity contribution is 6.30. The monoisotopic (exact) mass is 423 g/mol. The fourth-order valence-electron chi connectivity index (χ4n) is 3.23. The number of nitrogens with zero attached hydrogens (tertiary/aromatic N) is 2. The minimum atomic E-state index is -0.449. The van der Waals surface area contributed by atoms with Crippen molar-refractivity contribution < 1.29 is 14.3 Å². The second-order valence-corrected chi connectivity index (χ2v) is 7.07. The van der Waals surface area contributed by atoms with Crippen molar-refractivity contribution in [3.05, 3.63) is 71.0 Å². The number of nitrogens with one attached hydrogen (secondary N) is 3. The van der Waals surface area contributed by atoms with Gasteiger partial charge >= 0.3 is 6.03 Å². The SMILES string of the molecule is COc1ccc(NC(=O)Nc2cccc(C(=O)C3CNc4ncc(Cl)cc43)c2)cn1. The third kappa shape index (κ3) is 4.18. The van der Waals surface area contributed by atoms with Crippen LogP contribution in [-0.2, 0) is 0 Å². The maximum Gasteiger partial charge on any atom is 0.323 e. The summed E-state index contributed by atoms with van der Waals surface area (Å²) >= 11 is 6.04. The van der Waals surface area contributed by atoms with E-state index in [0.717, 1.165) is 5.56 Å². The van der Waals surface area contributed by atoms with Crippen LogP contribution in [0.3, 0.4) is 0 Å². The number of Topliss-reactive ketones (excluding diaryl/α,β-unsaturated/α-hetero) is 1. The third-order valence-electron chi connectivity index (χ3n) is 4.66. The van der Waals surface area contributed by atoms with Gasteiger partial charge in [-0.3, -0.25) is 4.79 Å². The van der Waals surface area contributed by atoms with Gasteiger partial charge in [-0.1, -0.05) is 23.7 Å². The number of benzene rings is 1. The molecule has 0 saturated heterocycles. The second kappa shape index (κ2) is 8.38. The van der Waals surface area contributed by atoms with E-state index in [9.17, 15) is 9.59 Å². The van der Waals surface area contributed by atoms with Crippen LogP contribution in [0.25, 0.3) is 0 Å². The molecule has 0 saturated carbocycles. The second-order valence-electron chi connectivity index (χ2n) is 6.64. The Labute approximate surface area is 177 Å². The van der Waals surface area contributed by atoms with Crippen LogP contribution in [0.2, 0.25) is 5.02 Å². The number of carbonyl (C=O) groups is 2. The molecule has 2 amide bonds. The highest BCUT2D eigenvalue weighted by atomic mass is 35.5. The predicted molar refractivity (Wildman–Crippen MR) is 115 cm³/mol. The lowest BCUT2D eigenvalue weighted by molar-refractivity contribution is 0.0966. The highest BCUT2D eigenvalue weighted by Gasteiger charge is 2.30. The minimum absolute atomic E-state index is 0.0753. The van der Waals surface area contributed by atoms with Gasteiger partial charge in [-0.25, -0.2) is 14.8 Å². The predicted octanol–water partition coefficient (Wildman–Crippen LogP) is 4.17. The number of carbonyl (C=O) groups excluding carboxylic acids is 2. The van der Waals surface area contributed by atoms with Crippen LogP contribution in [0.5, 0.6) is 5.88 Å². The van der Waals surface area contributed by atoms with Crippen molar-refractivity contribution in [2.45, 2.75) is 5.92 Å². The topological polar surface area (TPSA) is 105 Å². The quantitative estimate of drug-likeness (QED) is 0.532. The number of amides is 2. The van der Waals surface area contributed by atoms with Gasteiger partial charge in [0.25, 0.3) is 0 Å². The summed E-state index contributed by atoms with van der Waals surface area (Å²) in [4.78, 5) is 33.6. The first-order chi connectivity index (χ1) is 14.5. The number of aromatic nitrogens is 2. The molecule has 2 aromatic heterocycles. The molecular formula is C21H18ClN5O3. The number of urea groups is 1. The molecule has 9 heteroatoms. The number of methoxy groups -OCH3 is 1. The first-order valence-electron chi connectivity index (χ1n) is 9.15. The molecule has 0 bridgehead atoms. The third-order valence-corrected chi connectivity index (χ3v) is 4.86. The van der Waals surface area contributed by atoms with Gasteiger partial charge in [0.2, 0.25) is 5.88 Å². The number of hydrogen-bond donors (Lipinski definition) is 3. The summed E-state index contributed by atoms with van der Waals surface area (Å²) in [7, 11) is 1.52. The van der Waals surface area contributed by atoms with Crippen molar-refractivity contribution in [3.8, 4) is 5.88 Å². The normalized spacial score (nSPS) is 14.4. The maximum atomic E-state index is 13.1. The molecule has 4 rings (SSSR count). The number of pyridine rings is 2. The zero-order valence-electron chi connectivity index (χ0n) is 16.0. The van der Waals surface area contributed by atoms with Crippen LogP contribution in [0, 0.1) is 0 Å². The number of ether oxygens (including phenoxy) is 1. The lowest BCUT2D eigenvalue weighted by Gasteiger charge is -2.12. The Hall–Kier alpha value is -3.65. The largest absolute Gasteiger partial charge is 0.481 e. The van der Waals surface area contributed by atoms with E-state index < -0.39 is 6.03 Å². The molecule has 1 unspecified atom stereocenters. The van der Waals surface area contributed by atoms with Gasteiger partial charge in [-0.2, -0.15) is 0 Å². The van der Waals surface area contributed by atoms with Crippen molar-refractivity contribution in [1.29, 1.82) is 0 Å². The Morgan fingerprint density at radius 2 is 1.93 bits per heavy atom. The van der Waals surface area contributed by atoms with E-state index in [1.54, 1.807) is 48.7 Å². The van der Waals surface area contributed by atoms with Crippen molar-refractivity contribution in [1.82, 2.24) is 9.97 Å². The molecule has 152 valence electrons. The molecule has 1 aliphatic rings. The Morgan fingerprint density at radius 1 is 1.10 bits per heavy atom. The van der Waals surface area contributed by atoms with Gasteiger partial charge < -0.3 is 20.7 Å². The van der Waals surface area contributed by atoms with Crippen LogP contribution in [0.4, 0.5) is 22.0 Å². The standard InChI is InChI=1S/C21H18ClN5O3/c1-30-18-6-5-15(10-23-18)27-21(29)26-14-4-2-3-12(7-14)19(28)17-11-25-20-16(17)8-13(22)9-24-20/h2-10,17H,11H2,1H3,(H,24,25)(H2,26,27,29). The van der Waals surface area contributed by atoms with E-state index in [-0.39, 0.29) is 11.7 Å². The number of ketones is 1. The first-order valence-corrected chi connectivity index (χ1v) is 9.53. The van der Waals surface area contributed by atoms with E-state index in [0.29, 0.717) is 40.2 Å². The van der Waals surface area contributed by atoms with E-state index in [4.69, 9.17) is 16.3 Å². The number of halogens is 1. The molecule has 3 aromatic rings. The summed E-state index contributed by atoms with van der Waals surface area (Å²) in [5.41, 5.74) is 2.27. The summed E-state index contributed by atoms with van der Waals surface area (Å²) < 4.78 is 4.99. The summed E-state index contributed by atoms with van der Waals surface area (Å²) in [5.74, 6) is 0.653. The molecule has 8 nitrogen and oxygen atoms in total. The molecule has 0 aliphatic carbocycles. The molecule has 3 N–H and O–H groups in total. The number of hydrogen-bond acceptors (Lipinski definition) is 6. The van der Waals surface area contributed by atoms with Gasteiger partial charge in [0.1, 0.15) is 5.82 Å². The molecule has 1 aromatic carbocycles. The maximum absolute atomic E-state index is 13.1. The van der Waals surface area contributed by atoms with Gasteiger partial charge in [0.05, 0.1) is 29.9 Å².